The van der Waals surface area contributed by atoms with Crippen LogP contribution in [0.1, 0.15) is 16.0 Å². The maximum Gasteiger partial charge on any atom is 0.158 e. The Hall–Kier alpha value is -1.89. The molecule has 2 heterocycles. The molecule has 0 unspecified atom stereocenters. The highest BCUT2D eigenvalue weighted by molar-refractivity contribution is 7.18. The zero-order chi connectivity index (χ0) is 17.3. The van der Waals surface area contributed by atoms with Gasteiger partial charge in [0.15, 0.2) is 5.82 Å². The number of methoxy groups -OCH3 is 1. The van der Waals surface area contributed by atoms with E-state index in [4.69, 9.17) is 27.9 Å². The molecule has 0 aliphatic heterocycles. The van der Waals surface area contributed by atoms with Gasteiger partial charge in [0, 0.05) is 15.5 Å². The van der Waals surface area contributed by atoms with Crippen molar-refractivity contribution in [2.45, 2.75) is 13.8 Å². The third-order valence-corrected chi connectivity index (χ3v) is 5.19. The Morgan fingerprint density at radius 2 is 2.04 bits per heavy atom. The molecule has 8 heteroatoms. The molecule has 1 aromatic carbocycles. The van der Waals surface area contributed by atoms with Gasteiger partial charge in [-0.25, -0.2) is 9.97 Å². The summed E-state index contributed by atoms with van der Waals surface area (Å²) in [5, 5.41) is 6.17. The first kappa shape index (κ1) is 17.0. The van der Waals surface area contributed by atoms with Gasteiger partial charge in [0.2, 0.25) is 0 Å². The lowest BCUT2D eigenvalue weighted by molar-refractivity contribution is 0.414. The molecule has 0 amide bonds. The van der Waals surface area contributed by atoms with Gasteiger partial charge in [-0.2, -0.15) is 5.10 Å². The zero-order valence-electron chi connectivity index (χ0n) is 13.2. The number of rotatable bonds is 4. The fourth-order valence-corrected chi connectivity index (χ4v) is 3.90. The molecule has 5 nitrogen and oxygen atoms in total. The van der Waals surface area contributed by atoms with Crippen LogP contribution in [0.5, 0.6) is 5.75 Å². The first-order valence-electron chi connectivity index (χ1n) is 7.04. The predicted octanol–water partition coefficient (Wildman–Crippen LogP) is 5.07. The Bertz CT molecular complexity index is 939. The molecule has 0 saturated heterocycles. The standard InChI is InChI=1S/C16H14Cl2N4OS/c1-8-9(2)24-16-13(8)15(19-7-20-16)22-21-6-10-4-11(17)5-12(18)14(10)23-3/h4-7H,1-3H3,(H,19,20,22). The first-order chi connectivity index (χ1) is 11.5. The molecule has 0 aliphatic carbocycles. The number of halogens is 2. The molecule has 0 saturated carbocycles. The quantitative estimate of drug-likeness (QED) is 0.506. The van der Waals surface area contributed by atoms with Gasteiger partial charge in [-0.1, -0.05) is 23.2 Å². The van der Waals surface area contributed by atoms with Crippen LogP contribution >= 0.6 is 34.5 Å². The summed E-state index contributed by atoms with van der Waals surface area (Å²) in [7, 11) is 1.55. The maximum absolute atomic E-state index is 6.12. The van der Waals surface area contributed by atoms with E-state index in [2.05, 4.69) is 27.4 Å². The first-order valence-corrected chi connectivity index (χ1v) is 8.61. The molecule has 0 fully saturated rings. The number of benzene rings is 1. The zero-order valence-corrected chi connectivity index (χ0v) is 15.6. The number of hydrazone groups is 1. The Labute approximate surface area is 153 Å². The molecular weight excluding hydrogens is 367 g/mol. The minimum absolute atomic E-state index is 0.431. The molecule has 3 aromatic rings. The van der Waals surface area contributed by atoms with Gasteiger partial charge in [-0.05, 0) is 31.5 Å². The maximum atomic E-state index is 6.12. The average Bonchev–Trinajstić information content (AvgIpc) is 2.82. The molecule has 0 radical (unpaired) electrons. The lowest BCUT2D eigenvalue weighted by Crippen LogP contribution is -1.97. The van der Waals surface area contributed by atoms with E-state index in [1.165, 1.54) is 11.2 Å². The van der Waals surface area contributed by atoms with E-state index >= 15 is 0 Å². The summed E-state index contributed by atoms with van der Waals surface area (Å²) in [5.41, 5.74) is 4.79. The topological polar surface area (TPSA) is 59.4 Å². The summed E-state index contributed by atoms with van der Waals surface area (Å²) < 4.78 is 5.29. The van der Waals surface area contributed by atoms with E-state index < -0.39 is 0 Å². The van der Waals surface area contributed by atoms with E-state index in [1.54, 1.807) is 36.8 Å². The van der Waals surface area contributed by atoms with E-state index in [1.807, 2.05) is 6.92 Å². The number of ether oxygens (including phenoxy) is 1. The van der Waals surface area contributed by atoms with Gasteiger partial charge in [-0.15, -0.1) is 11.3 Å². The van der Waals surface area contributed by atoms with Crippen molar-refractivity contribution in [3.8, 4) is 5.75 Å². The van der Waals surface area contributed by atoms with Crippen LogP contribution in [0, 0.1) is 13.8 Å². The molecule has 124 valence electrons. The fourth-order valence-electron chi connectivity index (χ4n) is 2.32. The van der Waals surface area contributed by atoms with Crippen molar-refractivity contribution in [2.75, 3.05) is 12.5 Å². The van der Waals surface area contributed by atoms with Crippen LogP contribution in [0.4, 0.5) is 5.82 Å². The van der Waals surface area contributed by atoms with E-state index in [0.717, 1.165) is 15.8 Å². The number of anilines is 1. The van der Waals surface area contributed by atoms with Crippen LogP contribution in [0.3, 0.4) is 0 Å². The Balaban J connectivity index is 1.93. The van der Waals surface area contributed by atoms with Gasteiger partial charge in [0.1, 0.15) is 16.9 Å². The third-order valence-electron chi connectivity index (χ3n) is 3.58. The van der Waals surface area contributed by atoms with Crippen molar-refractivity contribution in [1.82, 2.24) is 9.97 Å². The molecule has 0 aliphatic rings. The second kappa shape index (κ2) is 6.93. The monoisotopic (exact) mass is 380 g/mol. The summed E-state index contributed by atoms with van der Waals surface area (Å²) in [6.45, 7) is 4.11. The number of thiophene rings is 1. The fraction of sp³-hybridized carbons (Fsp3) is 0.188. The predicted molar refractivity (Wildman–Crippen MR) is 101 cm³/mol. The molecule has 1 N–H and O–H groups in total. The molecule has 24 heavy (non-hydrogen) atoms. The van der Waals surface area contributed by atoms with Crippen molar-refractivity contribution >= 4 is 56.8 Å². The second-order valence-corrected chi connectivity index (χ2v) is 7.11. The number of hydrogen-bond acceptors (Lipinski definition) is 6. The minimum atomic E-state index is 0.431. The van der Waals surface area contributed by atoms with Gasteiger partial charge < -0.3 is 4.74 Å². The van der Waals surface area contributed by atoms with E-state index in [9.17, 15) is 0 Å². The number of nitrogens with one attached hydrogen (secondary N) is 1. The molecule has 2 aromatic heterocycles. The lowest BCUT2D eigenvalue weighted by atomic mass is 10.2. The van der Waals surface area contributed by atoms with Crippen molar-refractivity contribution < 1.29 is 4.74 Å². The Morgan fingerprint density at radius 3 is 2.79 bits per heavy atom. The average molecular weight is 381 g/mol. The van der Waals surface area contributed by atoms with Crippen LogP contribution < -0.4 is 10.2 Å². The van der Waals surface area contributed by atoms with Gasteiger partial charge >= 0.3 is 0 Å². The lowest BCUT2D eigenvalue weighted by Gasteiger charge is -2.07. The van der Waals surface area contributed by atoms with Crippen molar-refractivity contribution in [2.24, 2.45) is 5.10 Å². The van der Waals surface area contributed by atoms with E-state index in [-0.39, 0.29) is 0 Å². The normalized spacial score (nSPS) is 11.4. The minimum Gasteiger partial charge on any atom is -0.495 e. The van der Waals surface area contributed by atoms with Gasteiger partial charge in [0.05, 0.1) is 23.7 Å². The highest BCUT2D eigenvalue weighted by Crippen LogP contribution is 2.33. The third kappa shape index (κ3) is 3.17. The number of hydrogen-bond donors (Lipinski definition) is 1. The second-order valence-electron chi connectivity index (χ2n) is 5.07. The Morgan fingerprint density at radius 1 is 1.25 bits per heavy atom. The molecular formula is C16H14Cl2N4OS. The van der Waals surface area contributed by atoms with Crippen LogP contribution in [0.25, 0.3) is 10.2 Å². The molecule has 0 spiro atoms. The largest absolute Gasteiger partial charge is 0.495 e. The van der Waals surface area contributed by atoms with Crippen LogP contribution in [-0.4, -0.2) is 23.3 Å². The summed E-state index contributed by atoms with van der Waals surface area (Å²) in [4.78, 5) is 10.7. The molecule has 0 bridgehead atoms. The van der Waals surface area contributed by atoms with Crippen molar-refractivity contribution in [1.29, 1.82) is 0 Å². The van der Waals surface area contributed by atoms with Crippen molar-refractivity contribution in [3.63, 3.8) is 0 Å². The summed E-state index contributed by atoms with van der Waals surface area (Å²) >= 11 is 13.8. The Kier molecular flexibility index (Phi) is 4.89. The van der Waals surface area contributed by atoms with Gasteiger partial charge in [-0.3, -0.25) is 5.43 Å². The smallest absolute Gasteiger partial charge is 0.158 e. The van der Waals surface area contributed by atoms with Gasteiger partial charge in [0.25, 0.3) is 0 Å². The molecule has 0 atom stereocenters. The molecule has 3 rings (SSSR count). The summed E-state index contributed by atoms with van der Waals surface area (Å²) in [6.07, 6.45) is 3.12. The SMILES string of the molecule is COc1c(Cl)cc(Cl)cc1C=NNc1ncnc2sc(C)c(C)c12. The van der Waals surface area contributed by atoms with Crippen molar-refractivity contribution in [3.05, 3.63) is 44.5 Å². The highest BCUT2D eigenvalue weighted by atomic mass is 35.5. The van der Waals surface area contributed by atoms with Crippen LogP contribution in [-0.2, 0) is 0 Å². The summed E-state index contributed by atoms with van der Waals surface area (Å²) in [5.74, 6) is 1.17. The van der Waals surface area contributed by atoms with Crippen LogP contribution in [0.15, 0.2) is 23.6 Å². The highest BCUT2D eigenvalue weighted by Gasteiger charge is 2.12. The number of nitrogens with zero attached hydrogens (tertiary/aromatic N) is 3. The number of aromatic nitrogens is 2. The summed E-state index contributed by atoms with van der Waals surface area (Å²) in [6, 6.07) is 3.35. The number of aryl methyl sites for hydroxylation is 2. The number of fused-ring (bicyclic) bond motifs is 1. The van der Waals surface area contributed by atoms with E-state index in [0.29, 0.717) is 27.2 Å². The van der Waals surface area contributed by atoms with Crippen LogP contribution in [0.2, 0.25) is 10.0 Å².